The summed E-state index contributed by atoms with van der Waals surface area (Å²) in [4.78, 5) is 0. The Hall–Kier alpha value is 0.820. The first-order chi connectivity index (χ1) is 10.3. The molecule has 0 heterocycles. The highest BCUT2D eigenvalue weighted by molar-refractivity contribution is 14.1. The molecule has 0 amide bonds. The molecule has 3 nitrogen and oxygen atoms in total. The van der Waals surface area contributed by atoms with Crippen LogP contribution in [-0.4, -0.2) is 35.7 Å². The Balaban J connectivity index is 3.93. The van der Waals surface area contributed by atoms with Crippen molar-refractivity contribution in [2.75, 3.05) is 23.1 Å². The number of rotatable bonds is 14. The van der Waals surface area contributed by atoms with Gasteiger partial charge in [0, 0.05) is 35.9 Å². The van der Waals surface area contributed by atoms with E-state index in [-0.39, 0.29) is 12.6 Å². The molecule has 0 radical (unpaired) electrons. The van der Waals surface area contributed by atoms with Crippen LogP contribution in [0.1, 0.15) is 38.5 Å². The Morgan fingerprint density at radius 1 is 0.714 bits per heavy atom. The zero-order valence-corrected chi connectivity index (χ0v) is 17.4. The van der Waals surface area contributed by atoms with Gasteiger partial charge in [0.1, 0.15) is 0 Å². The van der Waals surface area contributed by atoms with Crippen molar-refractivity contribution in [3.8, 4) is 0 Å². The van der Waals surface area contributed by atoms with Gasteiger partial charge in [-0.05, 0) is 25.7 Å². The van der Waals surface area contributed by atoms with E-state index in [4.69, 9.17) is 14.2 Å². The first-order valence-corrected chi connectivity index (χ1v) is 10.5. The van der Waals surface area contributed by atoms with E-state index in [1.807, 2.05) is 0 Å². The lowest BCUT2D eigenvalue weighted by Crippen LogP contribution is -2.25. The Morgan fingerprint density at radius 2 is 1.10 bits per heavy atom. The third-order valence-corrected chi connectivity index (χ3v) is 4.10. The Kier molecular flexibility index (Phi) is 17.8. The van der Waals surface area contributed by atoms with Crippen molar-refractivity contribution in [1.82, 2.24) is 0 Å². The fraction of sp³-hybridized carbons (Fsp3) is 0.750. The molecule has 124 valence electrons. The summed E-state index contributed by atoms with van der Waals surface area (Å²) in [5.74, 6) is 0. The topological polar surface area (TPSA) is 27.7 Å². The van der Waals surface area contributed by atoms with Crippen LogP contribution in [0, 0.1) is 0 Å². The summed E-state index contributed by atoms with van der Waals surface area (Å²) >= 11 is 4.76. The van der Waals surface area contributed by atoms with Gasteiger partial charge in [0.15, 0.2) is 12.6 Å². The van der Waals surface area contributed by atoms with Gasteiger partial charge in [-0.15, -0.1) is 0 Å². The van der Waals surface area contributed by atoms with Crippen molar-refractivity contribution in [3.05, 3.63) is 24.3 Å². The average molecular weight is 522 g/mol. The van der Waals surface area contributed by atoms with Gasteiger partial charge in [0.05, 0.1) is 0 Å². The number of allylic oxidation sites excluding steroid dienone is 4. The van der Waals surface area contributed by atoms with E-state index in [0.29, 0.717) is 0 Å². The van der Waals surface area contributed by atoms with E-state index < -0.39 is 0 Å². The van der Waals surface area contributed by atoms with Crippen LogP contribution in [0.4, 0.5) is 0 Å². The summed E-state index contributed by atoms with van der Waals surface area (Å²) in [6.07, 6.45) is 14.4. The van der Waals surface area contributed by atoms with Crippen molar-refractivity contribution >= 4 is 45.2 Å². The van der Waals surface area contributed by atoms with E-state index >= 15 is 0 Å². The number of ether oxygens (including phenoxy) is 3. The van der Waals surface area contributed by atoms with Gasteiger partial charge in [0.25, 0.3) is 0 Å². The highest BCUT2D eigenvalue weighted by Crippen LogP contribution is 2.12. The number of methoxy groups -OCH3 is 2. The minimum atomic E-state index is -0.197. The lowest BCUT2D eigenvalue weighted by atomic mass is 10.2. The molecule has 0 aromatic heterocycles. The highest BCUT2D eigenvalue weighted by atomic mass is 127. The predicted molar refractivity (Wildman–Crippen MR) is 106 cm³/mol. The van der Waals surface area contributed by atoms with Gasteiger partial charge in [-0.25, -0.2) is 0 Å². The fourth-order valence-electron chi connectivity index (χ4n) is 1.71. The van der Waals surface area contributed by atoms with Crippen LogP contribution in [-0.2, 0) is 14.2 Å². The Bertz CT molecular complexity index is 244. The van der Waals surface area contributed by atoms with Crippen molar-refractivity contribution in [2.45, 2.75) is 51.1 Å². The predicted octanol–water partition coefficient (Wildman–Crippen LogP) is 5.27. The molecule has 2 unspecified atom stereocenters. The van der Waals surface area contributed by atoms with E-state index in [2.05, 4.69) is 69.5 Å². The van der Waals surface area contributed by atoms with E-state index in [1.54, 1.807) is 14.2 Å². The molecule has 0 aromatic carbocycles. The molecule has 0 fully saturated rings. The fourth-order valence-corrected chi connectivity index (χ4v) is 2.43. The quantitative estimate of drug-likeness (QED) is 0.135. The molecule has 0 aliphatic heterocycles. The second-order valence-corrected chi connectivity index (χ2v) is 6.68. The van der Waals surface area contributed by atoms with Gasteiger partial charge >= 0.3 is 0 Å². The zero-order valence-electron chi connectivity index (χ0n) is 13.1. The lowest BCUT2D eigenvalue weighted by molar-refractivity contribution is -0.232. The SMILES string of the molecule is COC(CC/C=C\CCI)OC(CC/C=C\CCI)OC. The first kappa shape index (κ1) is 21.8. The monoisotopic (exact) mass is 522 g/mol. The second kappa shape index (κ2) is 17.2. The van der Waals surface area contributed by atoms with Crippen LogP contribution >= 0.6 is 45.2 Å². The number of alkyl halides is 2. The minimum absolute atomic E-state index is 0.197. The Labute approximate surface area is 157 Å². The van der Waals surface area contributed by atoms with Gasteiger partial charge in [-0.1, -0.05) is 69.5 Å². The van der Waals surface area contributed by atoms with Crippen molar-refractivity contribution in [2.24, 2.45) is 0 Å². The molecule has 0 bridgehead atoms. The van der Waals surface area contributed by atoms with Crippen LogP contribution in [0.5, 0.6) is 0 Å². The molecule has 2 atom stereocenters. The van der Waals surface area contributed by atoms with E-state index in [0.717, 1.165) is 47.4 Å². The van der Waals surface area contributed by atoms with Crippen LogP contribution in [0.15, 0.2) is 24.3 Å². The van der Waals surface area contributed by atoms with Crippen LogP contribution < -0.4 is 0 Å². The molecular weight excluding hydrogens is 494 g/mol. The first-order valence-electron chi connectivity index (χ1n) is 7.41. The summed E-state index contributed by atoms with van der Waals surface area (Å²) in [7, 11) is 3.37. The Morgan fingerprint density at radius 3 is 1.43 bits per heavy atom. The summed E-state index contributed by atoms with van der Waals surface area (Å²) in [6.45, 7) is 0. The lowest BCUT2D eigenvalue weighted by Gasteiger charge is -2.22. The van der Waals surface area contributed by atoms with Crippen LogP contribution in [0.2, 0.25) is 0 Å². The molecule has 0 rings (SSSR count). The van der Waals surface area contributed by atoms with Crippen molar-refractivity contribution in [3.63, 3.8) is 0 Å². The molecule has 0 saturated heterocycles. The van der Waals surface area contributed by atoms with Gasteiger partial charge in [-0.3, -0.25) is 0 Å². The third-order valence-electron chi connectivity index (χ3n) is 2.85. The molecule has 0 saturated carbocycles. The third kappa shape index (κ3) is 14.2. The van der Waals surface area contributed by atoms with Gasteiger partial charge < -0.3 is 14.2 Å². The van der Waals surface area contributed by atoms with Crippen molar-refractivity contribution in [1.29, 1.82) is 0 Å². The second-order valence-electron chi connectivity index (χ2n) is 4.52. The van der Waals surface area contributed by atoms with Crippen LogP contribution in [0.25, 0.3) is 0 Å². The maximum absolute atomic E-state index is 5.85. The highest BCUT2D eigenvalue weighted by Gasteiger charge is 2.14. The van der Waals surface area contributed by atoms with E-state index in [1.165, 1.54) is 0 Å². The maximum atomic E-state index is 5.85. The minimum Gasteiger partial charge on any atom is -0.356 e. The number of hydrogen-bond acceptors (Lipinski definition) is 3. The molecule has 0 N–H and O–H groups in total. The smallest absolute Gasteiger partial charge is 0.160 e. The zero-order chi connectivity index (χ0) is 15.8. The number of halogens is 2. The normalized spacial score (nSPS) is 15.0. The van der Waals surface area contributed by atoms with Crippen molar-refractivity contribution < 1.29 is 14.2 Å². The molecule has 21 heavy (non-hydrogen) atoms. The standard InChI is InChI=1S/C16H28I2O3/c1-19-15(11-7-3-5-9-13-17)21-16(20-2)12-8-4-6-10-14-18/h3-6,15-16H,7-14H2,1-2H3/b5-3-,6-4-. The summed E-state index contributed by atoms with van der Waals surface area (Å²) in [6, 6.07) is 0. The maximum Gasteiger partial charge on any atom is 0.160 e. The van der Waals surface area contributed by atoms with E-state index in [9.17, 15) is 0 Å². The molecule has 0 aliphatic rings. The van der Waals surface area contributed by atoms with Gasteiger partial charge in [0.2, 0.25) is 0 Å². The largest absolute Gasteiger partial charge is 0.356 e. The molecule has 0 aliphatic carbocycles. The average Bonchev–Trinajstić information content (AvgIpc) is 2.51. The molecule has 0 spiro atoms. The molecule has 5 heteroatoms. The summed E-state index contributed by atoms with van der Waals surface area (Å²) in [5, 5.41) is 0. The molecule has 0 aromatic rings. The summed E-state index contributed by atoms with van der Waals surface area (Å²) < 4.78 is 18.9. The molecular formula is C16H28I2O3. The van der Waals surface area contributed by atoms with Crippen LogP contribution in [0.3, 0.4) is 0 Å². The van der Waals surface area contributed by atoms with Gasteiger partial charge in [-0.2, -0.15) is 0 Å². The number of hydrogen-bond donors (Lipinski definition) is 0. The summed E-state index contributed by atoms with van der Waals surface area (Å²) in [5.41, 5.74) is 0.